The van der Waals surface area contributed by atoms with Gasteiger partial charge in [-0.3, -0.25) is 9.59 Å². The molecule has 0 saturated heterocycles. The molecule has 0 fully saturated rings. The smallest absolute Gasteiger partial charge is 0.305 e. The van der Waals surface area contributed by atoms with Gasteiger partial charge in [0.2, 0.25) is 5.91 Å². The normalized spacial score (nSPS) is 10.4. The van der Waals surface area contributed by atoms with Crippen molar-refractivity contribution in [3.8, 4) is 0 Å². The van der Waals surface area contributed by atoms with Crippen molar-refractivity contribution in [1.29, 1.82) is 0 Å². The number of carbonyl (C=O) groups excluding carboxylic acids is 2. The van der Waals surface area contributed by atoms with Crippen LogP contribution in [0.2, 0.25) is 4.34 Å². The highest BCUT2D eigenvalue weighted by Crippen LogP contribution is 2.24. The summed E-state index contributed by atoms with van der Waals surface area (Å²) in [4.78, 5) is 23.7. The van der Waals surface area contributed by atoms with E-state index >= 15 is 0 Å². The molecule has 4 nitrogen and oxygen atoms in total. The lowest BCUT2D eigenvalue weighted by Gasteiger charge is -2.04. The molecule has 1 aromatic heterocycles. The van der Waals surface area contributed by atoms with E-state index in [-0.39, 0.29) is 11.9 Å². The minimum Gasteiger partial charge on any atom is -0.469 e. The highest BCUT2D eigenvalue weighted by Gasteiger charge is 2.04. The van der Waals surface area contributed by atoms with Crippen LogP contribution in [0, 0.1) is 0 Å². The van der Waals surface area contributed by atoms with Crippen molar-refractivity contribution >= 4 is 46.6 Å². The molecule has 1 amide bonds. The van der Waals surface area contributed by atoms with Gasteiger partial charge >= 0.3 is 5.97 Å². The quantitative estimate of drug-likeness (QED) is 0.519. The summed E-state index contributed by atoms with van der Waals surface area (Å²) in [7, 11) is 1.39. The Balaban J connectivity index is 1.95. The second kappa shape index (κ2) is 10.9. The van der Waals surface area contributed by atoms with Crippen LogP contribution in [-0.2, 0) is 20.1 Å². The zero-order valence-electron chi connectivity index (χ0n) is 12.0. The van der Waals surface area contributed by atoms with Gasteiger partial charge in [0.1, 0.15) is 0 Å². The lowest BCUT2D eigenvalue weighted by atomic mass is 10.2. The monoisotopic (exact) mass is 349 g/mol. The molecule has 1 heterocycles. The van der Waals surface area contributed by atoms with Gasteiger partial charge in [-0.2, -0.15) is 0 Å². The molecule has 21 heavy (non-hydrogen) atoms. The molecule has 1 rings (SSSR count). The van der Waals surface area contributed by atoms with E-state index in [2.05, 4.69) is 10.1 Å². The molecular formula is C14H20ClNO3S2. The number of unbranched alkanes of at least 4 members (excludes halogenated alkanes) is 2. The summed E-state index contributed by atoms with van der Waals surface area (Å²) in [6.45, 7) is 0.658. The van der Waals surface area contributed by atoms with Crippen LogP contribution in [0.4, 0.5) is 0 Å². The topological polar surface area (TPSA) is 55.4 Å². The van der Waals surface area contributed by atoms with E-state index in [4.69, 9.17) is 11.6 Å². The second-order valence-corrected chi connectivity index (χ2v) is 7.22. The highest BCUT2D eigenvalue weighted by atomic mass is 35.5. The van der Waals surface area contributed by atoms with E-state index in [1.54, 1.807) is 23.1 Å². The maximum Gasteiger partial charge on any atom is 0.305 e. The Morgan fingerprint density at radius 1 is 1.33 bits per heavy atom. The van der Waals surface area contributed by atoms with Crippen molar-refractivity contribution in [1.82, 2.24) is 5.32 Å². The third-order valence-corrected chi connectivity index (χ3v) is 5.11. The Morgan fingerprint density at radius 3 is 2.81 bits per heavy atom. The summed E-state index contributed by atoms with van der Waals surface area (Å²) in [5.41, 5.74) is 0. The Hall–Kier alpha value is -0.720. The summed E-state index contributed by atoms with van der Waals surface area (Å²) in [6, 6.07) is 3.86. The SMILES string of the molecule is COC(=O)CCCCCNC(=O)CSCc1ccc(Cl)s1. The summed E-state index contributed by atoms with van der Waals surface area (Å²) >= 11 is 8.97. The first-order valence-corrected chi connectivity index (χ1v) is 9.12. The maximum absolute atomic E-state index is 11.6. The fourth-order valence-electron chi connectivity index (χ4n) is 1.63. The number of ether oxygens (including phenoxy) is 1. The van der Waals surface area contributed by atoms with Crippen LogP contribution in [0.15, 0.2) is 12.1 Å². The van der Waals surface area contributed by atoms with Gasteiger partial charge in [0.05, 0.1) is 17.2 Å². The molecular weight excluding hydrogens is 330 g/mol. The van der Waals surface area contributed by atoms with Crippen LogP contribution in [-0.4, -0.2) is 31.3 Å². The fourth-order valence-corrected chi connectivity index (χ4v) is 3.68. The number of esters is 1. The summed E-state index contributed by atoms with van der Waals surface area (Å²) < 4.78 is 5.34. The largest absolute Gasteiger partial charge is 0.469 e. The first kappa shape index (κ1) is 18.3. The van der Waals surface area contributed by atoms with Crippen molar-refractivity contribution in [3.05, 3.63) is 21.3 Å². The van der Waals surface area contributed by atoms with E-state index in [0.29, 0.717) is 18.7 Å². The van der Waals surface area contributed by atoms with Crippen molar-refractivity contribution in [2.75, 3.05) is 19.4 Å². The molecule has 118 valence electrons. The number of hydrogen-bond donors (Lipinski definition) is 1. The number of nitrogens with one attached hydrogen (secondary N) is 1. The number of amides is 1. The van der Waals surface area contributed by atoms with Gasteiger partial charge in [0, 0.05) is 23.6 Å². The van der Waals surface area contributed by atoms with Crippen LogP contribution in [0.3, 0.4) is 0 Å². The zero-order chi connectivity index (χ0) is 15.5. The predicted molar refractivity (Wildman–Crippen MR) is 89.0 cm³/mol. The van der Waals surface area contributed by atoms with Gasteiger partial charge in [0.15, 0.2) is 0 Å². The fraction of sp³-hybridized carbons (Fsp3) is 0.571. The Morgan fingerprint density at radius 2 is 2.14 bits per heavy atom. The average molecular weight is 350 g/mol. The second-order valence-electron chi connectivity index (χ2n) is 4.44. The third-order valence-electron chi connectivity index (χ3n) is 2.71. The first-order valence-electron chi connectivity index (χ1n) is 6.77. The van der Waals surface area contributed by atoms with Gasteiger partial charge in [-0.1, -0.05) is 18.0 Å². The van der Waals surface area contributed by atoms with Gasteiger partial charge in [0.25, 0.3) is 0 Å². The molecule has 0 atom stereocenters. The van der Waals surface area contributed by atoms with Crippen LogP contribution in [0.1, 0.15) is 30.6 Å². The van der Waals surface area contributed by atoms with E-state index in [1.165, 1.54) is 12.0 Å². The Labute approximate surface area is 138 Å². The van der Waals surface area contributed by atoms with Gasteiger partial charge in [-0.25, -0.2) is 0 Å². The number of thiophene rings is 1. The Kier molecular flexibility index (Phi) is 9.54. The van der Waals surface area contributed by atoms with Crippen LogP contribution in [0.25, 0.3) is 0 Å². The summed E-state index contributed by atoms with van der Waals surface area (Å²) in [5.74, 6) is 1.14. The standard InChI is InChI=1S/C14H20ClNO3S2/c1-19-14(18)5-3-2-4-8-16-13(17)10-20-9-11-6-7-12(15)21-11/h6-7H,2-5,8-10H2,1H3,(H,16,17). The molecule has 0 saturated carbocycles. The maximum atomic E-state index is 11.6. The molecule has 0 aliphatic carbocycles. The number of rotatable bonds is 10. The lowest BCUT2D eigenvalue weighted by molar-refractivity contribution is -0.140. The van der Waals surface area contributed by atoms with Gasteiger partial charge < -0.3 is 10.1 Å². The summed E-state index contributed by atoms with van der Waals surface area (Å²) in [5, 5.41) is 2.88. The van der Waals surface area contributed by atoms with Crippen molar-refractivity contribution in [3.63, 3.8) is 0 Å². The average Bonchev–Trinajstić information content (AvgIpc) is 2.88. The van der Waals surface area contributed by atoms with Crippen molar-refractivity contribution in [2.45, 2.75) is 31.4 Å². The van der Waals surface area contributed by atoms with Gasteiger partial charge in [-0.05, 0) is 25.0 Å². The van der Waals surface area contributed by atoms with Gasteiger partial charge in [-0.15, -0.1) is 23.1 Å². The van der Waals surface area contributed by atoms with E-state index in [9.17, 15) is 9.59 Å². The number of halogens is 1. The molecule has 1 N–H and O–H groups in total. The van der Waals surface area contributed by atoms with Crippen molar-refractivity contribution in [2.24, 2.45) is 0 Å². The van der Waals surface area contributed by atoms with Crippen LogP contribution < -0.4 is 5.32 Å². The number of carbonyl (C=O) groups is 2. The van der Waals surface area contributed by atoms with E-state index in [0.717, 1.165) is 29.4 Å². The molecule has 7 heteroatoms. The molecule has 0 unspecified atom stereocenters. The summed E-state index contributed by atoms with van der Waals surface area (Å²) in [6.07, 6.45) is 3.05. The first-order chi connectivity index (χ1) is 10.1. The molecule has 0 radical (unpaired) electrons. The van der Waals surface area contributed by atoms with E-state index in [1.807, 2.05) is 12.1 Å². The van der Waals surface area contributed by atoms with Crippen LogP contribution in [0.5, 0.6) is 0 Å². The number of hydrogen-bond acceptors (Lipinski definition) is 5. The number of thioether (sulfide) groups is 1. The van der Waals surface area contributed by atoms with E-state index < -0.39 is 0 Å². The Bertz CT molecular complexity index is 451. The lowest BCUT2D eigenvalue weighted by Crippen LogP contribution is -2.26. The molecule has 0 aromatic carbocycles. The third kappa shape index (κ3) is 9.01. The molecule has 1 aromatic rings. The number of methoxy groups -OCH3 is 1. The molecule has 0 aliphatic heterocycles. The molecule has 0 aliphatic rings. The minimum absolute atomic E-state index is 0.0515. The molecule has 0 bridgehead atoms. The zero-order valence-corrected chi connectivity index (χ0v) is 14.4. The predicted octanol–water partition coefficient (Wildman–Crippen LogP) is 3.48. The highest BCUT2D eigenvalue weighted by molar-refractivity contribution is 7.99. The minimum atomic E-state index is -0.177. The van der Waals surface area contributed by atoms with Crippen LogP contribution >= 0.6 is 34.7 Å². The molecule has 0 spiro atoms. The van der Waals surface area contributed by atoms with Crippen molar-refractivity contribution < 1.29 is 14.3 Å².